The van der Waals surface area contributed by atoms with Gasteiger partial charge >= 0.3 is 0 Å². The number of carbonyl (C=O) groups excluding carboxylic acids is 1. The molecule has 1 fully saturated rings. The van der Waals surface area contributed by atoms with Crippen molar-refractivity contribution in [1.82, 2.24) is 4.90 Å². The van der Waals surface area contributed by atoms with E-state index in [-0.39, 0.29) is 18.1 Å². The van der Waals surface area contributed by atoms with Gasteiger partial charge in [-0.25, -0.2) is 0 Å². The molecule has 2 aliphatic rings. The van der Waals surface area contributed by atoms with E-state index >= 15 is 0 Å². The number of benzene rings is 1. The van der Waals surface area contributed by atoms with Crippen LogP contribution in [0.5, 0.6) is 5.75 Å². The van der Waals surface area contributed by atoms with Crippen LogP contribution in [0.2, 0.25) is 0 Å². The molecule has 1 aromatic heterocycles. The maximum atomic E-state index is 12.8. The largest absolute Gasteiger partial charge is 0.484 e. The highest BCUT2D eigenvalue weighted by molar-refractivity contribution is 7.13. The van der Waals surface area contributed by atoms with Crippen LogP contribution in [0.3, 0.4) is 0 Å². The van der Waals surface area contributed by atoms with Crippen molar-refractivity contribution in [1.29, 1.82) is 5.26 Å². The molecule has 0 saturated carbocycles. The third-order valence-electron chi connectivity index (χ3n) is 5.42. The third kappa shape index (κ3) is 3.52. The monoisotopic (exact) mass is 396 g/mol. The summed E-state index contributed by atoms with van der Waals surface area (Å²) in [4.78, 5) is 16.2. The van der Waals surface area contributed by atoms with Gasteiger partial charge in [0.2, 0.25) is 5.91 Å². The molecule has 2 aromatic rings. The molecular weight excluding hydrogens is 372 g/mol. The SMILES string of the molecule is CC1(C)Oc2cc(C#N)sc2C(N2CCCCC2=O)C1OCc1ccccc1. The van der Waals surface area contributed by atoms with E-state index in [1.807, 2.05) is 49.1 Å². The number of ether oxygens (including phenoxy) is 2. The standard InChI is InChI=1S/C22H24N2O3S/c1-22(2)21(26-14-15-8-4-3-5-9-15)19(24-11-7-6-10-18(24)25)20-17(27-22)12-16(13-23)28-20/h3-5,8-9,12,19,21H,6-7,10-11,14H2,1-2H3. The Morgan fingerprint density at radius 2 is 2.11 bits per heavy atom. The summed E-state index contributed by atoms with van der Waals surface area (Å²) >= 11 is 1.41. The van der Waals surface area contributed by atoms with Gasteiger partial charge in [0, 0.05) is 19.0 Å². The molecule has 0 N–H and O–H groups in total. The van der Waals surface area contributed by atoms with Crippen LogP contribution in [-0.2, 0) is 16.1 Å². The van der Waals surface area contributed by atoms with Crippen molar-refractivity contribution in [2.45, 2.75) is 57.5 Å². The van der Waals surface area contributed by atoms with E-state index in [2.05, 4.69) is 6.07 Å². The summed E-state index contributed by atoms with van der Waals surface area (Å²) in [5.74, 6) is 0.856. The van der Waals surface area contributed by atoms with Crippen LogP contribution in [-0.4, -0.2) is 29.1 Å². The summed E-state index contributed by atoms with van der Waals surface area (Å²) in [5.41, 5.74) is 0.453. The predicted molar refractivity (Wildman–Crippen MR) is 107 cm³/mol. The number of carbonyl (C=O) groups is 1. The van der Waals surface area contributed by atoms with E-state index in [1.54, 1.807) is 6.07 Å². The Balaban J connectivity index is 1.71. The average molecular weight is 397 g/mol. The van der Waals surface area contributed by atoms with E-state index in [9.17, 15) is 10.1 Å². The first kappa shape index (κ1) is 19.0. The fraction of sp³-hybridized carbons (Fsp3) is 0.455. The van der Waals surface area contributed by atoms with Gasteiger partial charge in [-0.15, -0.1) is 11.3 Å². The molecule has 28 heavy (non-hydrogen) atoms. The quantitative estimate of drug-likeness (QED) is 0.767. The molecule has 1 aromatic carbocycles. The van der Waals surface area contributed by atoms with Gasteiger partial charge in [-0.05, 0) is 32.3 Å². The van der Waals surface area contributed by atoms with E-state index in [0.29, 0.717) is 30.2 Å². The van der Waals surface area contributed by atoms with Crippen molar-refractivity contribution in [3.63, 3.8) is 0 Å². The van der Waals surface area contributed by atoms with Gasteiger partial charge in [0.05, 0.1) is 17.5 Å². The Morgan fingerprint density at radius 3 is 2.82 bits per heavy atom. The second-order valence-electron chi connectivity index (χ2n) is 7.86. The molecule has 2 aliphatic heterocycles. The minimum Gasteiger partial charge on any atom is -0.484 e. The molecule has 1 amide bonds. The lowest BCUT2D eigenvalue weighted by atomic mass is 9.88. The minimum absolute atomic E-state index is 0.153. The average Bonchev–Trinajstić information content (AvgIpc) is 3.09. The van der Waals surface area contributed by atoms with Crippen molar-refractivity contribution in [3.8, 4) is 11.8 Å². The predicted octanol–water partition coefficient (Wildman–Crippen LogP) is 4.43. The van der Waals surface area contributed by atoms with Gasteiger partial charge < -0.3 is 14.4 Å². The molecule has 3 heterocycles. The summed E-state index contributed by atoms with van der Waals surface area (Å²) in [6, 6.07) is 13.8. The second-order valence-corrected chi connectivity index (χ2v) is 8.95. The molecule has 2 unspecified atom stereocenters. The number of thiophene rings is 1. The van der Waals surface area contributed by atoms with Crippen molar-refractivity contribution in [2.24, 2.45) is 0 Å². The van der Waals surface area contributed by atoms with E-state index in [4.69, 9.17) is 9.47 Å². The summed E-state index contributed by atoms with van der Waals surface area (Å²) in [7, 11) is 0. The Kier molecular flexibility index (Phi) is 5.13. The summed E-state index contributed by atoms with van der Waals surface area (Å²) in [6.45, 7) is 5.15. The van der Waals surface area contributed by atoms with Gasteiger partial charge in [0.25, 0.3) is 0 Å². The van der Waals surface area contributed by atoms with E-state index in [0.717, 1.165) is 23.3 Å². The number of piperidine rings is 1. The summed E-state index contributed by atoms with van der Waals surface area (Å²) in [6.07, 6.45) is 2.15. The Labute approximate surface area is 169 Å². The molecular formula is C22H24N2O3S. The first-order chi connectivity index (χ1) is 13.5. The normalized spacial score (nSPS) is 23.6. The van der Waals surface area contributed by atoms with Gasteiger partial charge in [0.1, 0.15) is 28.4 Å². The summed E-state index contributed by atoms with van der Waals surface area (Å²) in [5, 5.41) is 9.38. The number of nitriles is 1. The highest BCUT2D eigenvalue weighted by Crippen LogP contribution is 2.49. The highest BCUT2D eigenvalue weighted by Gasteiger charge is 2.49. The van der Waals surface area contributed by atoms with Crippen LogP contribution in [0, 0.1) is 11.3 Å². The lowest BCUT2D eigenvalue weighted by Gasteiger charge is -2.48. The van der Waals surface area contributed by atoms with Crippen molar-refractivity contribution in [3.05, 3.63) is 51.7 Å². The number of hydrogen-bond acceptors (Lipinski definition) is 5. The third-order valence-corrected chi connectivity index (χ3v) is 6.51. The van der Waals surface area contributed by atoms with Crippen LogP contribution in [0.25, 0.3) is 0 Å². The second kappa shape index (κ2) is 7.57. The van der Waals surface area contributed by atoms with Crippen molar-refractivity contribution < 1.29 is 14.3 Å². The molecule has 146 valence electrons. The number of nitrogens with zero attached hydrogens (tertiary/aromatic N) is 2. The van der Waals surface area contributed by atoms with Crippen LogP contribution in [0.1, 0.15) is 54.5 Å². The smallest absolute Gasteiger partial charge is 0.223 e. The Hall–Kier alpha value is -2.36. The molecule has 0 aliphatic carbocycles. The number of fused-ring (bicyclic) bond motifs is 1. The summed E-state index contributed by atoms with van der Waals surface area (Å²) < 4.78 is 12.7. The first-order valence-corrected chi connectivity index (χ1v) is 10.5. The minimum atomic E-state index is -0.627. The fourth-order valence-corrected chi connectivity index (χ4v) is 5.09. The van der Waals surface area contributed by atoms with Gasteiger partial charge in [0.15, 0.2) is 0 Å². The lowest BCUT2D eigenvalue weighted by molar-refractivity contribution is -0.157. The molecule has 6 heteroatoms. The van der Waals surface area contributed by atoms with Crippen molar-refractivity contribution >= 4 is 17.2 Å². The van der Waals surface area contributed by atoms with Gasteiger partial charge in [-0.1, -0.05) is 30.3 Å². The molecule has 0 radical (unpaired) electrons. The zero-order valence-corrected chi connectivity index (χ0v) is 17.0. The number of likely N-dealkylation sites (tertiary alicyclic amines) is 1. The van der Waals surface area contributed by atoms with Gasteiger partial charge in [-0.2, -0.15) is 5.26 Å². The molecule has 0 spiro atoms. The number of rotatable bonds is 4. The molecule has 5 nitrogen and oxygen atoms in total. The molecule has 4 rings (SSSR count). The Bertz CT molecular complexity index is 900. The number of amides is 1. The fourth-order valence-electron chi connectivity index (χ4n) is 4.07. The maximum Gasteiger partial charge on any atom is 0.223 e. The van der Waals surface area contributed by atoms with Crippen LogP contribution < -0.4 is 4.74 Å². The van der Waals surface area contributed by atoms with E-state index < -0.39 is 5.60 Å². The highest BCUT2D eigenvalue weighted by atomic mass is 32.1. The van der Waals surface area contributed by atoms with E-state index in [1.165, 1.54) is 11.3 Å². The van der Waals surface area contributed by atoms with Crippen LogP contribution in [0.15, 0.2) is 36.4 Å². The molecule has 0 bridgehead atoms. The van der Waals surface area contributed by atoms with Crippen LogP contribution >= 0.6 is 11.3 Å². The van der Waals surface area contributed by atoms with Crippen molar-refractivity contribution in [2.75, 3.05) is 6.54 Å². The zero-order chi connectivity index (χ0) is 19.7. The zero-order valence-electron chi connectivity index (χ0n) is 16.2. The molecule has 2 atom stereocenters. The van der Waals surface area contributed by atoms with Crippen LogP contribution in [0.4, 0.5) is 0 Å². The maximum absolute atomic E-state index is 12.8. The molecule has 1 saturated heterocycles. The van der Waals surface area contributed by atoms with Gasteiger partial charge in [-0.3, -0.25) is 4.79 Å². The lowest BCUT2D eigenvalue weighted by Crippen LogP contribution is -2.56. The first-order valence-electron chi connectivity index (χ1n) is 9.67. The topological polar surface area (TPSA) is 62.6 Å². The Morgan fingerprint density at radius 1 is 1.32 bits per heavy atom. The number of hydrogen-bond donors (Lipinski definition) is 0.